The molecule has 1 N–H and O–H groups in total. The van der Waals surface area contributed by atoms with Gasteiger partial charge in [-0.15, -0.1) is 0 Å². The zero-order chi connectivity index (χ0) is 12.0. The van der Waals surface area contributed by atoms with Crippen LogP contribution in [0.1, 0.15) is 25.3 Å². The van der Waals surface area contributed by atoms with E-state index in [-0.39, 0.29) is 12.0 Å². The van der Waals surface area contributed by atoms with Gasteiger partial charge in [0.1, 0.15) is 5.75 Å². The van der Waals surface area contributed by atoms with E-state index in [1.54, 1.807) is 0 Å². The highest BCUT2D eigenvalue weighted by atomic mass is 16.5. The molecular formula is C13H18N2O. The highest BCUT2D eigenvalue weighted by molar-refractivity contribution is 5.32. The first-order valence-corrected chi connectivity index (χ1v) is 5.48. The molecule has 0 aromatic heterocycles. The van der Waals surface area contributed by atoms with Gasteiger partial charge in [0.2, 0.25) is 0 Å². The van der Waals surface area contributed by atoms with Gasteiger partial charge in [-0.25, -0.2) is 0 Å². The van der Waals surface area contributed by atoms with E-state index in [2.05, 4.69) is 11.4 Å². The van der Waals surface area contributed by atoms with Gasteiger partial charge in [-0.3, -0.25) is 0 Å². The summed E-state index contributed by atoms with van der Waals surface area (Å²) < 4.78 is 5.54. The lowest BCUT2D eigenvalue weighted by Crippen LogP contribution is -2.15. The van der Waals surface area contributed by atoms with Crippen molar-refractivity contribution in [1.29, 1.82) is 5.26 Å². The molecule has 3 heteroatoms. The van der Waals surface area contributed by atoms with Crippen LogP contribution < -0.4 is 10.1 Å². The van der Waals surface area contributed by atoms with Crippen LogP contribution in [-0.4, -0.2) is 19.7 Å². The molecule has 1 rings (SSSR count). The molecule has 86 valence electrons. The molecule has 1 aromatic rings. The van der Waals surface area contributed by atoms with E-state index in [0.29, 0.717) is 6.54 Å². The molecule has 0 aliphatic heterocycles. The summed E-state index contributed by atoms with van der Waals surface area (Å²) >= 11 is 0. The number of likely N-dealkylation sites (N-methyl/N-ethyl adjacent to an activating group) is 1. The van der Waals surface area contributed by atoms with Crippen LogP contribution >= 0.6 is 0 Å². The summed E-state index contributed by atoms with van der Waals surface area (Å²) in [6.07, 6.45) is 0.176. The van der Waals surface area contributed by atoms with Crippen LogP contribution in [0.2, 0.25) is 0 Å². The number of hydrogen-bond donors (Lipinski definition) is 1. The maximum atomic E-state index is 9.00. The summed E-state index contributed by atoms with van der Waals surface area (Å²) in [5.74, 6) is 0.748. The highest BCUT2D eigenvalue weighted by Gasteiger charge is 2.09. The second kappa shape index (κ2) is 6.14. The molecule has 16 heavy (non-hydrogen) atoms. The summed E-state index contributed by atoms with van der Waals surface area (Å²) in [6.45, 7) is 4.65. The van der Waals surface area contributed by atoms with Crippen molar-refractivity contribution >= 4 is 0 Å². The van der Waals surface area contributed by atoms with Gasteiger partial charge in [0.05, 0.1) is 18.1 Å². The molecule has 0 amide bonds. The van der Waals surface area contributed by atoms with Crippen LogP contribution in [0.4, 0.5) is 0 Å². The third kappa shape index (κ3) is 3.56. The van der Waals surface area contributed by atoms with Crippen LogP contribution in [-0.2, 0) is 0 Å². The molecular weight excluding hydrogens is 200 g/mol. The van der Waals surface area contributed by atoms with Gasteiger partial charge in [0, 0.05) is 6.54 Å². The smallest absolute Gasteiger partial charge is 0.119 e. The second-order valence-corrected chi connectivity index (χ2v) is 3.98. The Kier molecular flexibility index (Phi) is 4.81. The Bertz CT molecular complexity index is 351. The maximum absolute atomic E-state index is 9.00. The first-order valence-electron chi connectivity index (χ1n) is 5.48. The summed E-state index contributed by atoms with van der Waals surface area (Å²) in [6, 6.07) is 9.99. The molecule has 0 fully saturated rings. The lowest BCUT2D eigenvalue weighted by Gasteiger charge is -2.12. The quantitative estimate of drug-likeness (QED) is 0.824. The highest BCUT2D eigenvalue weighted by Crippen LogP contribution is 2.19. The lowest BCUT2D eigenvalue weighted by atomic mass is 10.0. The third-order valence-corrected chi connectivity index (χ3v) is 2.22. The average Bonchev–Trinajstić information content (AvgIpc) is 2.26. The molecule has 0 aliphatic rings. The molecule has 0 spiro atoms. The predicted octanol–water partition coefficient (Wildman–Crippen LogP) is 2.30. The number of rotatable bonds is 5. The normalized spacial score (nSPS) is 12.2. The SMILES string of the molecule is CNCC(C#N)c1ccc(OC(C)C)cc1. The Morgan fingerprint density at radius 2 is 1.94 bits per heavy atom. The summed E-state index contributed by atoms with van der Waals surface area (Å²) in [7, 11) is 1.85. The van der Waals surface area contributed by atoms with Gasteiger partial charge in [-0.05, 0) is 38.6 Å². The maximum Gasteiger partial charge on any atom is 0.119 e. The fourth-order valence-electron chi connectivity index (χ4n) is 1.49. The molecule has 0 aliphatic carbocycles. The lowest BCUT2D eigenvalue weighted by molar-refractivity contribution is 0.242. The van der Waals surface area contributed by atoms with E-state index < -0.39 is 0 Å². The average molecular weight is 218 g/mol. The minimum atomic E-state index is -0.0990. The standard InChI is InChI=1S/C13H18N2O/c1-10(2)16-13-6-4-11(5-7-13)12(8-14)9-15-3/h4-7,10,12,15H,9H2,1-3H3. The number of nitriles is 1. The van der Waals surface area contributed by atoms with Gasteiger partial charge in [0.15, 0.2) is 0 Å². The molecule has 3 nitrogen and oxygen atoms in total. The van der Waals surface area contributed by atoms with Crippen molar-refractivity contribution < 1.29 is 4.74 Å². The molecule has 1 atom stereocenters. The van der Waals surface area contributed by atoms with Crippen molar-refractivity contribution in [2.75, 3.05) is 13.6 Å². The first-order chi connectivity index (χ1) is 7.67. The molecule has 0 heterocycles. The zero-order valence-corrected chi connectivity index (χ0v) is 10.0. The van der Waals surface area contributed by atoms with Gasteiger partial charge < -0.3 is 10.1 Å². The van der Waals surface area contributed by atoms with Crippen molar-refractivity contribution in [2.45, 2.75) is 25.9 Å². The predicted molar refractivity (Wildman–Crippen MR) is 64.5 cm³/mol. The Labute approximate surface area is 97.0 Å². The van der Waals surface area contributed by atoms with Gasteiger partial charge in [0.25, 0.3) is 0 Å². The van der Waals surface area contributed by atoms with E-state index in [1.807, 2.05) is 45.2 Å². The van der Waals surface area contributed by atoms with E-state index in [9.17, 15) is 0 Å². The van der Waals surface area contributed by atoms with Crippen LogP contribution in [0.15, 0.2) is 24.3 Å². The number of ether oxygens (including phenoxy) is 1. The van der Waals surface area contributed by atoms with Crippen LogP contribution in [0, 0.1) is 11.3 Å². The number of hydrogen-bond acceptors (Lipinski definition) is 3. The Morgan fingerprint density at radius 3 is 2.38 bits per heavy atom. The molecule has 1 aromatic carbocycles. The zero-order valence-electron chi connectivity index (χ0n) is 10.0. The van der Waals surface area contributed by atoms with Gasteiger partial charge >= 0.3 is 0 Å². The number of nitrogens with one attached hydrogen (secondary N) is 1. The minimum Gasteiger partial charge on any atom is -0.491 e. The van der Waals surface area contributed by atoms with Gasteiger partial charge in [-0.1, -0.05) is 12.1 Å². The van der Waals surface area contributed by atoms with E-state index in [1.165, 1.54) is 0 Å². The van der Waals surface area contributed by atoms with Crippen LogP contribution in [0.5, 0.6) is 5.75 Å². The van der Waals surface area contributed by atoms with Crippen molar-refractivity contribution in [3.05, 3.63) is 29.8 Å². The molecule has 0 radical (unpaired) electrons. The minimum absolute atomic E-state index is 0.0990. The van der Waals surface area contributed by atoms with Crippen molar-refractivity contribution in [1.82, 2.24) is 5.32 Å². The Balaban J connectivity index is 2.74. The first kappa shape index (κ1) is 12.5. The van der Waals surface area contributed by atoms with E-state index in [0.717, 1.165) is 11.3 Å². The van der Waals surface area contributed by atoms with Crippen LogP contribution in [0.3, 0.4) is 0 Å². The fourth-order valence-corrected chi connectivity index (χ4v) is 1.49. The largest absolute Gasteiger partial charge is 0.491 e. The van der Waals surface area contributed by atoms with Gasteiger partial charge in [-0.2, -0.15) is 5.26 Å². The molecule has 0 saturated heterocycles. The van der Waals surface area contributed by atoms with Crippen LogP contribution in [0.25, 0.3) is 0 Å². The Hall–Kier alpha value is -1.53. The molecule has 1 unspecified atom stereocenters. The summed E-state index contributed by atoms with van der Waals surface area (Å²) in [4.78, 5) is 0. The second-order valence-electron chi connectivity index (χ2n) is 3.98. The third-order valence-electron chi connectivity index (χ3n) is 2.22. The number of benzene rings is 1. The molecule has 0 bridgehead atoms. The Morgan fingerprint density at radius 1 is 1.31 bits per heavy atom. The van der Waals surface area contributed by atoms with Crippen molar-refractivity contribution in [2.24, 2.45) is 0 Å². The summed E-state index contributed by atoms with van der Waals surface area (Å²) in [5, 5.41) is 12.0. The van der Waals surface area contributed by atoms with Crippen molar-refractivity contribution in [3.8, 4) is 11.8 Å². The summed E-state index contributed by atoms with van der Waals surface area (Å²) in [5.41, 5.74) is 1.02. The topological polar surface area (TPSA) is 45.0 Å². The number of nitrogens with zero attached hydrogens (tertiary/aromatic N) is 1. The molecule has 0 saturated carbocycles. The van der Waals surface area contributed by atoms with E-state index in [4.69, 9.17) is 10.00 Å². The van der Waals surface area contributed by atoms with E-state index >= 15 is 0 Å². The monoisotopic (exact) mass is 218 g/mol. The fraction of sp³-hybridized carbons (Fsp3) is 0.462. The van der Waals surface area contributed by atoms with Crippen molar-refractivity contribution in [3.63, 3.8) is 0 Å².